The van der Waals surface area contributed by atoms with E-state index in [2.05, 4.69) is 15.5 Å². The highest BCUT2D eigenvalue weighted by Gasteiger charge is 2.09. The summed E-state index contributed by atoms with van der Waals surface area (Å²) < 4.78 is 0. The van der Waals surface area contributed by atoms with Crippen molar-refractivity contribution in [1.29, 1.82) is 0 Å². The first kappa shape index (κ1) is 15.4. The highest BCUT2D eigenvalue weighted by Crippen LogP contribution is 2.19. The number of aromatic nitrogens is 3. The monoisotopic (exact) mass is 348 g/mol. The average Bonchev–Trinajstić information content (AvgIpc) is 3.06. The van der Waals surface area contributed by atoms with Crippen LogP contribution in [0.3, 0.4) is 0 Å². The van der Waals surface area contributed by atoms with Gasteiger partial charge in [-0.05, 0) is 48.5 Å². The number of anilines is 1. The van der Waals surface area contributed by atoms with Gasteiger partial charge >= 0.3 is 0 Å². The highest BCUT2D eigenvalue weighted by atomic mass is 35.5. The quantitative estimate of drug-likeness (QED) is 0.599. The van der Waals surface area contributed by atoms with Crippen molar-refractivity contribution < 1.29 is 4.79 Å². The number of benzene rings is 3. The second-order valence-electron chi connectivity index (χ2n) is 5.49. The molecular formula is C19H13ClN4O. The number of carbonyl (C=O) groups excluding carboxylic acids is 1. The summed E-state index contributed by atoms with van der Waals surface area (Å²) in [5.41, 5.74) is 3.46. The van der Waals surface area contributed by atoms with Gasteiger partial charge in [-0.15, -0.1) is 10.2 Å². The average molecular weight is 349 g/mol. The first-order valence-electron chi connectivity index (χ1n) is 7.68. The molecule has 25 heavy (non-hydrogen) atoms. The minimum atomic E-state index is -0.165. The fourth-order valence-electron chi connectivity index (χ4n) is 2.50. The van der Waals surface area contributed by atoms with Crippen LogP contribution in [0.2, 0.25) is 5.02 Å². The van der Waals surface area contributed by atoms with Gasteiger partial charge in [0.25, 0.3) is 5.91 Å². The van der Waals surface area contributed by atoms with Crippen LogP contribution in [-0.4, -0.2) is 20.9 Å². The summed E-state index contributed by atoms with van der Waals surface area (Å²) in [6, 6.07) is 21.8. The number of rotatable bonds is 3. The predicted molar refractivity (Wildman–Crippen MR) is 98.3 cm³/mol. The maximum atomic E-state index is 12.2. The highest BCUT2D eigenvalue weighted by molar-refractivity contribution is 6.30. The van der Waals surface area contributed by atoms with Crippen molar-refractivity contribution in [1.82, 2.24) is 15.0 Å². The molecule has 0 aliphatic heterocycles. The molecule has 5 nitrogen and oxygen atoms in total. The molecule has 0 saturated heterocycles. The van der Waals surface area contributed by atoms with Gasteiger partial charge in [0, 0.05) is 16.3 Å². The minimum Gasteiger partial charge on any atom is -0.322 e. The number of carbonyl (C=O) groups is 1. The molecule has 6 heteroatoms. The zero-order valence-corrected chi connectivity index (χ0v) is 13.8. The molecule has 122 valence electrons. The Bertz CT molecular complexity index is 1060. The maximum Gasteiger partial charge on any atom is 0.255 e. The Morgan fingerprint density at radius 1 is 0.880 bits per heavy atom. The van der Waals surface area contributed by atoms with Gasteiger partial charge in [-0.1, -0.05) is 35.9 Å². The largest absolute Gasteiger partial charge is 0.322 e. The lowest BCUT2D eigenvalue weighted by molar-refractivity contribution is 0.102. The van der Waals surface area contributed by atoms with E-state index in [9.17, 15) is 4.79 Å². The molecule has 0 atom stereocenters. The normalized spacial score (nSPS) is 10.8. The van der Waals surface area contributed by atoms with Gasteiger partial charge in [0.1, 0.15) is 11.0 Å². The summed E-state index contributed by atoms with van der Waals surface area (Å²) in [4.78, 5) is 13.8. The van der Waals surface area contributed by atoms with Gasteiger partial charge in [-0.3, -0.25) is 4.79 Å². The van der Waals surface area contributed by atoms with E-state index in [4.69, 9.17) is 11.6 Å². The molecule has 0 aliphatic carbocycles. The molecular weight excluding hydrogens is 336 g/mol. The minimum absolute atomic E-state index is 0.165. The zero-order chi connectivity index (χ0) is 17.2. The van der Waals surface area contributed by atoms with Crippen molar-refractivity contribution in [3.8, 4) is 5.69 Å². The molecule has 0 fully saturated rings. The summed E-state index contributed by atoms with van der Waals surface area (Å²) in [5, 5.41) is 12.4. The Kier molecular flexibility index (Phi) is 3.91. The Balaban J connectivity index is 1.63. The first-order valence-corrected chi connectivity index (χ1v) is 8.06. The summed E-state index contributed by atoms with van der Waals surface area (Å²) >= 11 is 6.02. The van der Waals surface area contributed by atoms with Crippen molar-refractivity contribution >= 4 is 34.2 Å². The van der Waals surface area contributed by atoms with Crippen LogP contribution in [0.4, 0.5) is 5.69 Å². The molecule has 0 saturated carbocycles. The van der Waals surface area contributed by atoms with Crippen molar-refractivity contribution in [2.75, 3.05) is 5.32 Å². The van der Waals surface area contributed by atoms with Crippen LogP contribution in [0.25, 0.3) is 16.7 Å². The van der Waals surface area contributed by atoms with Gasteiger partial charge in [0.2, 0.25) is 0 Å². The fourth-order valence-corrected chi connectivity index (χ4v) is 2.69. The van der Waals surface area contributed by atoms with E-state index in [0.29, 0.717) is 21.8 Å². The predicted octanol–water partition coefficient (Wildman–Crippen LogP) is 4.33. The zero-order valence-electron chi connectivity index (χ0n) is 13.1. The Morgan fingerprint density at radius 3 is 2.48 bits per heavy atom. The number of nitrogens with one attached hydrogen (secondary N) is 1. The third-order valence-electron chi connectivity index (χ3n) is 3.71. The van der Waals surface area contributed by atoms with Crippen LogP contribution in [0.5, 0.6) is 0 Å². The molecule has 1 aromatic heterocycles. The molecule has 1 heterocycles. The van der Waals surface area contributed by atoms with Crippen LogP contribution >= 0.6 is 11.6 Å². The van der Waals surface area contributed by atoms with E-state index >= 15 is 0 Å². The van der Waals surface area contributed by atoms with E-state index in [1.165, 1.54) is 4.80 Å². The standard InChI is InChI=1S/C19H13ClN4O/c20-14-7-4-8-16(11-14)24-22-17-10-9-15(12-18(17)23-24)21-19(25)13-5-2-1-3-6-13/h1-12H,(H,21,25). The van der Waals surface area contributed by atoms with E-state index in [1.807, 2.05) is 36.4 Å². The number of hydrogen-bond acceptors (Lipinski definition) is 3. The number of fused-ring (bicyclic) bond motifs is 1. The second kappa shape index (κ2) is 6.37. The van der Waals surface area contributed by atoms with Crippen molar-refractivity contribution in [2.24, 2.45) is 0 Å². The number of amides is 1. The van der Waals surface area contributed by atoms with Crippen molar-refractivity contribution in [2.45, 2.75) is 0 Å². The molecule has 0 bridgehead atoms. The van der Waals surface area contributed by atoms with Gasteiger partial charge in [-0.25, -0.2) is 0 Å². The number of nitrogens with zero attached hydrogens (tertiary/aromatic N) is 3. The Hall–Kier alpha value is -3.18. The molecule has 0 spiro atoms. The van der Waals surface area contributed by atoms with Gasteiger partial charge in [-0.2, -0.15) is 4.80 Å². The van der Waals surface area contributed by atoms with Crippen LogP contribution < -0.4 is 5.32 Å². The van der Waals surface area contributed by atoms with Crippen LogP contribution in [0.15, 0.2) is 72.8 Å². The molecule has 1 amide bonds. The molecule has 3 aromatic carbocycles. The van der Waals surface area contributed by atoms with Crippen LogP contribution in [-0.2, 0) is 0 Å². The summed E-state index contributed by atoms with van der Waals surface area (Å²) in [7, 11) is 0. The van der Waals surface area contributed by atoms with Gasteiger partial charge in [0.05, 0.1) is 5.69 Å². The van der Waals surface area contributed by atoms with Crippen LogP contribution in [0, 0.1) is 0 Å². The summed E-state index contributed by atoms with van der Waals surface area (Å²) in [6.07, 6.45) is 0. The van der Waals surface area contributed by atoms with E-state index in [-0.39, 0.29) is 5.91 Å². The molecule has 1 N–H and O–H groups in total. The number of halogens is 1. The van der Waals surface area contributed by atoms with Crippen LogP contribution in [0.1, 0.15) is 10.4 Å². The lowest BCUT2D eigenvalue weighted by Gasteiger charge is -2.04. The van der Waals surface area contributed by atoms with E-state index in [1.54, 1.807) is 36.4 Å². The topological polar surface area (TPSA) is 59.8 Å². The first-order chi connectivity index (χ1) is 12.2. The fraction of sp³-hybridized carbons (Fsp3) is 0. The van der Waals surface area contributed by atoms with E-state index in [0.717, 1.165) is 11.2 Å². The smallest absolute Gasteiger partial charge is 0.255 e. The molecule has 4 rings (SSSR count). The Labute approximate surface area is 148 Å². The lowest BCUT2D eigenvalue weighted by Crippen LogP contribution is -2.11. The van der Waals surface area contributed by atoms with Crippen molar-refractivity contribution in [3.63, 3.8) is 0 Å². The SMILES string of the molecule is O=C(Nc1ccc2nn(-c3cccc(Cl)c3)nc2c1)c1ccccc1. The number of hydrogen-bond donors (Lipinski definition) is 1. The summed E-state index contributed by atoms with van der Waals surface area (Å²) in [5.74, 6) is -0.165. The van der Waals surface area contributed by atoms with Gasteiger partial charge in [0.15, 0.2) is 0 Å². The third kappa shape index (κ3) is 3.22. The third-order valence-corrected chi connectivity index (χ3v) is 3.95. The molecule has 0 unspecified atom stereocenters. The Morgan fingerprint density at radius 2 is 1.68 bits per heavy atom. The molecule has 4 aromatic rings. The van der Waals surface area contributed by atoms with Crippen molar-refractivity contribution in [3.05, 3.63) is 83.4 Å². The molecule has 0 radical (unpaired) electrons. The maximum absolute atomic E-state index is 12.2. The summed E-state index contributed by atoms with van der Waals surface area (Å²) in [6.45, 7) is 0. The van der Waals surface area contributed by atoms with Gasteiger partial charge < -0.3 is 5.32 Å². The lowest BCUT2D eigenvalue weighted by atomic mass is 10.2. The van der Waals surface area contributed by atoms with E-state index < -0.39 is 0 Å². The molecule has 0 aliphatic rings. The second-order valence-corrected chi connectivity index (χ2v) is 5.93.